The van der Waals surface area contributed by atoms with Gasteiger partial charge in [-0.15, -0.1) is 0 Å². The summed E-state index contributed by atoms with van der Waals surface area (Å²) in [6.45, 7) is 2.29. The van der Waals surface area contributed by atoms with E-state index >= 15 is 0 Å². The Morgan fingerprint density at radius 2 is 1.87 bits per heavy atom. The zero-order valence-electron chi connectivity index (χ0n) is 18.1. The Morgan fingerprint density at radius 1 is 1.07 bits per heavy atom. The molecule has 3 aliphatic carbocycles. The molecule has 0 aromatic heterocycles. The molecule has 3 aliphatic rings. The van der Waals surface area contributed by atoms with Crippen molar-refractivity contribution in [3.63, 3.8) is 0 Å². The maximum atomic E-state index is 10.8. The molecule has 0 amide bonds. The van der Waals surface area contributed by atoms with Crippen LogP contribution in [0.1, 0.15) is 62.1 Å². The van der Waals surface area contributed by atoms with Gasteiger partial charge in [-0.2, -0.15) is 0 Å². The molecule has 0 aliphatic heterocycles. The van der Waals surface area contributed by atoms with Crippen LogP contribution in [-0.2, 0) is 18.3 Å². The van der Waals surface area contributed by atoms with Crippen LogP contribution in [0.4, 0.5) is 0 Å². The number of fused-ring (bicyclic) bond motifs is 4. The van der Waals surface area contributed by atoms with Crippen molar-refractivity contribution in [3.8, 4) is 11.5 Å². The third-order valence-corrected chi connectivity index (χ3v) is 8.18. The molecule has 0 saturated heterocycles. The minimum Gasteiger partial charge on any atom is -0.508 e. The molecule has 158 valence electrons. The van der Waals surface area contributed by atoms with E-state index in [2.05, 4.69) is 37.3 Å². The zero-order chi connectivity index (χ0) is 20.9. The van der Waals surface area contributed by atoms with Crippen LogP contribution < -0.4 is 4.74 Å². The predicted octanol–water partition coefficient (Wildman–Crippen LogP) is 5.47. The van der Waals surface area contributed by atoms with Gasteiger partial charge in [-0.25, -0.2) is 0 Å². The molecule has 2 aromatic rings. The first kappa shape index (κ1) is 19.7. The van der Waals surface area contributed by atoms with Crippen molar-refractivity contribution in [1.29, 1.82) is 0 Å². The second kappa shape index (κ2) is 7.16. The first-order chi connectivity index (χ1) is 14.5. The van der Waals surface area contributed by atoms with E-state index in [1.165, 1.54) is 22.3 Å². The Labute approximate surface area is 179 Å². The quantitative estimate of drug-likeness (QED) is 0.665. The lowest BCUT2D eigenvalue weighted by Crippen LogP contribution is -2.42. The summed E-state index contributed by atoms with van der Waals surface area (Å²) >= 11 is 0. The van der Waals surface area contributed by atoms with Gasteiger partial charge in [0.15, 0.2) is 0 Å². The maximum absolute atomic E-state index is 10.8. The highest BCUT2D eigenvalue weighted by Gasteiger charge is 2.54. The Morgan fingerprint density at radius 3 is 2.60 bits per heavy atom. The second-order valence-electron chi connectivity index (χ2n) is 9.58. The number of phenols is 1. The predicted molar refractivity (Wildman–Crippen MR) is 119 cm³/mol. The van der Waals surface area contributed by atoms with Crippen LogP contribution in [0, 0.1) is 5.41 Å². The standard InChI is InChI=1S/C27H32O3/c1-3-27-12-11-26(16-18-7-5-4-6-8-18)17-21(29)14-23(26)22(27)10-9-19-13-20(28)15-24(30-2)25(19)27/h4-8,13,15,21,28-29H,3,9-12,14,16-17H2,1-2H3/t21?,26-,27?/m1/s1. The van der Waals surface area contributed by atoms with Gasteiger partial charge in [0, 0.05) is 17.0 Å². The van der Waals surface area contributed by atoms with Crippen molar-refractivity contribution in [3.05, 3.63) is 70.3 Å². The number of hydrogen-bond acceptors (Lipinski definition) is 3. The summed E-state index contributed by atoms with van der Waals surface area (Å²) in [5.74, 6) is 1.11. The molecule has 1 fully saturated rings. The molecule has 2 N–H and O–H groups in total. The maximum Gasteiger partial charge on any atom is 0.126 e. The average Bonchev–Trinajstić information content (AvgIpc) is 3.08. The van der Waals surface area contributed by atoms with Gasteiger partial charge in [0.05, 0.1) is 13.2 Å². The van der Waals surface area contributed by atoms with Crippen molar-refractivity contribution in [1.82, 2.24) is 0 Å². The number of aryl methyl sites for hydroxylation is 1. The Bertz CT molecular complexity index is 975. The average molecular weight is 405 g/mol. The number of hydrogen-bond donors (Lipinski definition) is 2. The number of methoxy groups -OCH3 is 1. The summed E-state index contributed by atoms with van der Waals surface area (Å²) in [6, 6.07) is 14.5. The number of rotatable bonds is 4. The smallest absolute Gasteiger partial charge is 0.126 e. The van der Waals surface area contributed by atoms with Crippen LogP contribution in [0.15, 0.2) is 53.6 Å². The Balaban J connectivity index is 1.68. The molecule has 0 heterocycles. The second-order valence-corrected chi connectivity index (χ2v) is 9.58. The van der Waals surface area contributed by atoms with Crippen LogP contribution in [-0.4, -0.2) is 23.4 Å². The lowest BCUT2D eigenvalue weighted by Gasteiger charge is -2.51. The van der Waals surface area contributed by atoms with Gasteiger partial charge in [0.25, 0.3) is 0 Å². The van der Waals surface area contributed by atoms with Crippen molar-refractivity contribution in [2.75, 3.05) is 7.11 Å². The lowest BCUT2D eigenvalue weighted by atomic mass is 9.53. The van der Waals surface area contributed by atoms with Gasteiger partial charge in [-0.3, -0.25) is 0 Å². The molecule has 1 saturated carbocycles. The fraction of sp³-hybridized carbons (Fsp3) is 0.481. The summed E-state index contributed by atoms with van der Waals surface area (Å²) in [4.78, 5) is 0. The summed E-state index contributed by atoms with van der Waals surface area (Å²) < 4.78 is 5.79. The van der Waals surface area contributed by atoms with Gasteiger partial charge in [-0.05, 0) is 74.0 Å². The zero-order valence-corrected chi connectivity index (χ0v) is 18.1. The van der Waals surface area contributed by atoms with Crippen LogP contribution in [0.2, 0.25) is 0 Å². The molecule has 3 nitrogen and oxygen atoms in total. The number of aliphatic hydroxyl groups is 1. The van der Waals surface area contributed by atoms with Crippen molar-refractivity contribution in [2.45, 2.75) is 69.8 Å². The molecule has 0 bridgehead atoms. The van der Waals surface area contributed by atoms with E-state index in [9.17, 15) is 10.2 Å². The third kappa shape index (κ3) is 2.82. The van der Waals surface area contributed by atoms with Gasteiger partial charge < -0.3 is 14.9 Å². The van der Waals surface area contributed by atoms with Gasteiger partial charge in [0.2, 0.25) is 0 Å². The molecule has 0 spiro atoms. The number of aromatic hydroxyl groups is 1. The highest BCUT2D eigenvalue weighted by molar-refractivity contribution is 5.59. The van der Waals surface area contributed by atoms with E-state index in [1.807, 2.05) is 6.07 Å². The fourth-order valence-corrected chi connectivity index (χ4v) is 6.99. The van der Waals surface area contributed by atoms with Gasteiger partial charge >= 0.3 is 0 Å². The number of allylic oxidation sites excluding steroid dienone is 1. The molecule has 3 heteroatoms. The van der Waals surface area contributed by atoms with E-state index in [0.29, 0.717) is 5.75 Å². The van der Waals surface area contributed by atoms with Gasteiger partial charge in [-0.1, -0.05) is 48.4 Å². The van der Waals surface area contributed by atoms with Crippen molar-refractivity contribution < 1.29 is 14.9 Å². The van der Waals surface area contributed by atoms with Crippen molar-refractivity contribution >= 4 is 0 Å². The lowest BCUT2D eigenvalue weighted by molar-refractivity contribution is 0.147. The van der Waals surface area contributed by atoms with E-state index in [1.54, 1.807) is 18.7 Å². The highest BCUT2D eigenvalue weighted by Crippen LogP contribution is 2.63. The van der Waals surface area contributed by atoms with E-state index in [-0.39, 0.29) is 16.9 Å². The first-order valence-electron chi connectivity index (χ1n) is 11.4. The molecule has 2 aromatic carbocycles. The first-order valence-corrected chi connectivity index (χ1v) is 11.4. The van der Waals surface area contributed by atoms with E-state index in [4.69, 9.17) is 4.74 Å². The van der Waals surface area contributed by atoms with Crippen LogP contribution in [0.3, 0.4) is 0 Å². The topological polar surface area (TPSA) is 49.7 Å². The molecule has 3 atom stereocenters. The SMILES string of the molecule is CCC12CC[C@@]3(Cc4ccccc4)CC(O)CC3=C1CCc1cc(O)cc(OC)c12. The van der Waals surface area contributed by atoms with Crippen LogP contribution in [0.5, 0.6) is 11.5 Å². The Hall–Kier alpha value is -2.26. The third-order valence-electron chi connectivity index (χ3n) is 8.18. The van der Waals surface area contributed by atoms with Crippen LogP contribution >= 0.6 is 0 Å². The number of benzene rings is 2. The number of ether oxygens (including phenoxy) is 1. The summed E-state index contributed by atoms with van der Waals surface area (Å²) in [5.41, 5.74) is 7.00. The summed E-state index contributed by atoms with van der Waals surface area (Å²) in [7, 11) is 1.71. The van der Waals surface area contributed by atoms with Crippen molar-refractivity contribution in [2.24, 2.45) is 5.41 Å². The highest BCUT2D eigenvalue weighted by atomic mass is 16.5. The summed E-state index contributed by atoms with van der Waals surface area (Å²) in [6.07, 6.45) is 7.60. The Kier molecular flexibility index (Phi) is 4.70. The largest absolute Gasteiger partial charge is 0.508 e. The van der Waals surface area contributed by atoms with Gasteiger partial charge in [0.1, 0.15) is 11.5 Å². The number of phenolic OH excluding ortho intramolecular Hbond substituents is 1. The molecule has 2 unspecified atom stereocenters. The number of aliphatic hydroxyl groups excluding tert-OH is 1. The van der Waals surface area contributed by atoms with E-state index < -0.39 is 0 Å². The fourth-order valence-electron chi connectivity index (χ4n) is 6.99. The minimum absolute atomic E-state index is 0.0355. The molecular formula is C27H32O3. The molecule has 30 heavy (non-hydrogen) atoms. The molecule has 0 radical (unpaired) electrons. The normalized spacial score (nSPS) is 29.9. The molecule has 5 rings (SSSR count). The van der Waals surface area contributed by atoms with Crippen LogP contribution in [0.25, 0.3) is 0 Å². The minimum atomic E-state index is -0.244. The monoisotopic (exact) mass is 404 g/mol. The summed E-state index contributed by atoms with van der Waals surface area (Å²) in [5, 5.41) is 21.0. The van der Waals surface area contributed by atoms with E-state index in [0.717, 1.165) is 57.1 Å². The molecular weight excluding hydrogens is 372 g/mol.